The first-order valence-corrected chi connectivity index (χ1v) is 7.75. The number of rotatable bonds is 2. The maximum absolute atomic E-state index is 9.45. The first-order valence-electron chi connectivity index (χ1n) is 7.75. The van der Waals surface area contributed by atoms with Crippen molar-refractivity contribution in [2.75, 3.05) is 7.05 Å². The fourth-order valence-electron chi connectivity index (χ4n) is 3.59. The third-order valence-electron chi connectivity index (χ3n) is 4.79. The van der Waals surface area contributed by atoms with E-state index in [9.17, 15) is 5.21 Å². The van der Waals surface area contributed by atoms with Crippen LogP contribution < -0.4 is 0 Å². The Kier molecular flexibility index (Phi) is 4.25. The molecule has 22 heavy (non-hydrogen) atoms. The molecule has 1 saturated heterocycles. The van der Waals surface area contributed by atoms with Crippen molar-refractivity contribution in [3.63, 3.8) is 0 Å². The van der Waals surface area contributed by atoms with Crippen molar-refractivity contribution in [3.05, 3.63) is 71.8 Å². The summed E-state index contributed by atoms with van der Waals surface area (Å²) >= 11 is 0. The summed E-state index contributed by atoms with van der Waals surface area (Å²) in [6, 6.07) is 21.4. The Hall–Kier alpha value is -2.13. The summed E-state index contributed by atoms with van der Waals surface area (Å²) in [6.45, 7) is 2.14. The van der Waals surface area contributed by atoms with Crippen molar-refractivity contribution in [2.45, 2.75) is 25.4 Å². The van der Waals surface area contributed by atoms with Gasteiger partial charge in [-0.2, -0.15) is 0 Å². The molecular weight excluding hydrogens is 272 g/mol. The topological polar surface area (TPSA) is 35.8 Å². The minimum Gasteiger partial charge on any atom is -0.411 e. The molecule has 2 aromatic rings. The van der Waals surface area contributed by atoms with Crippen LogP contribution in [0.1, 0.15) is 36.6 Å². The molecule has 0 saturated carbocycles. The van der Waals surface area contributed by atoms with Crippen LogP contribution in [-0.4, -0.2) is 22.9 Å². The van der Waals surface area contributed by atoms with Crippen molar-refractivity contribution < 1.29 is 5.21 Å². The van der Waals surface area contributed by atoms with Gasteiger partial charge in [-0.25, -0.2) is 0 Å². The van der Waals surface area contributed by atoms with Gasteiger partial charge in [0.25, 0.3) is 0 Å². The van der Waals surface area contributed by atoms with Crippen molar-refractivity contribution in [1.29, 1.82) is 0 Å². The van der Waals surface area contributed by atoms with Crippen LogP contribution in [0.3, 0.4) is 0 Å². The maximum Gasteiger partial charge on any atom is 0.0636 e. The van der Waals surface area contributed by atoms with Gasteiger partial charge >= 0.3 is 0 Å². The molecule has 3 atom stereocenters. The predicted molar refractivity (Wildman–Crippen MR) is 89.1 cm³/mol. The van der Waals surface area contributed by atoms with Gasteiger partial charge in [-0.05, 0) is 18.2 Å². The minimum atomic E-state index is 0.192. The first kappa shape index (κ1) is 14.8. The highest BCUT2D eigenvalue weighted by atomic mass is 16.4. The Morgan fingerprint density at radius 2 is 1.50 bits per heavy atom. The standard InChI is InChI=1S/C19H22N2O/c1-14-17(20-22)13-18(15-9-5-3-6-10-15)21(2)19(14)16-11-7-4-8-12-16/h3-12,14,18-19,22H,13H2,1-2H3/b20-17+/t14-,18+,19-/m1/s1. The molecule has 0 radical (unpaired) electrons. The Morgan fingerprint density at radius 3 is 2.05 bits per heavy atom. The molecule has 1 heterocycles. The molecule has 2 aromatic carbocycles. The highest BCUT2D eigenvalue weighted by Crippen LogP contribution is 2.42. The smallest absolute Gasteiger partial charge is 0.0636 e. The quantitative estimate of drug-likeness (QED) is 0.663. The van der Waals surface area contributed by atoms with E-state index in [1.165, 1.54) is 11.1 Å². The average molecular weight is 294 g/mol. The molecule has 3 rings (SSSR count). The molecule has 0 aliphatic carbocycles. The van der Waals surface area contributed by atoms with Gasteiger partial charge in [-0.15, -0.1) is 0 Å². The van der Waals surface area contributed by atoms with E-state index < -0.39 is 0 Å². The molecule has 1 fully saturated rings. The zero-order valence-corrected chi connectivity index (χ0v) is 13.1. The van der Waals surface area contributed by atoms with E-state index in [1.54, 1.807) is 0 Å². The number of hydrogen-bond donors (Lipinski definition) is 1. The zero-order valence-electron chi connectivity index (χ0n) is 13.1. The molecule has 1 aliphatic heterocycles. The van der Waals surface area contributed by atoms with Crippen molar-refractivity contribution in [1.82, 2.24) is 4.90 Å². The lowest BCUT2D eigenvalue weighted by molar-refractivity contribution is 0.128. The number of hydrogen-bond acceptors (Lipinski definition) is 3. The van der Waals surface area contributed by atoms with Gasteiger partial charge in [0, 0.05) is 24.4 Å². The highest BCUT2D eigenvalue weighted by Gasteiger charge is 2.38. The Morgan fingerprint density at radius 1 is 0.955 bits per heavy atom. The molecule has 114 valence electrons. The summed E-state index contributed by atoms with van der Waals surface area (Å²) in [4.78, 5) is 2.41. The van der Waals surface area contributed by atoms with Crippen molar-refractivity contribution in [2.24, 2.45) is 11.1 Å². The van der Waals surface area contributed by atoms with Crippen LogP contribution in [0, 0.1) is 5.92 Å². The average Bonchev–Trinajstić information content (AvgIpc) is 2.57. The number of oxime groups is 1. The van der Waals surface area contributed by atoms with Crippen molar-refractivity contribution in [3.8, 4) is 0 Å². The van der Waals surface area contributed by atoms with Crippen LogP contribution >= 0.6 is 0 Å². The Labute approximate surface area is 131 Å². The number of benzene rings is 2. The van der Waals surface area contributed by atoms with Gasteiger partial charge in [0.05, 0.1) is 5.71 Å². The van der Waals surface area contributed by atoms with Gasteiger partial charge in [-0.1, -0.05) is 72.7 Å². The van der Waals surface area contributed by atoms with Crippen LogP contribution in [0.15, 0.2) is 65.8 Å². The minimum absolute atomic E-state index is 0.192. The molecule has 0 spiro atoms. The Balaban J connectivity index is 2.01. The monoisotopic (exact) mass is 294 g/mol. The fraction of sp³-hybridized carbons (Fsp3) is 0.316. The zero-order chi connectivity index (χ0) is 15.5. The maximum atomic E-state index is 9.45. The summed E-state index contributed by atoms with van der Waals surface area (Å²) in [5.74, 6) is 0.192. The van der Waals surface area contributed by atoms with E-state index in [1.807, 2.05) is 12.1 Å². The number of nitrogens with zero attached hydrogens (tertiary/aromatic N) is 2. The normalized spacial score (nSPS) is 27.9. The van der Waals surface area contributed by atoms with E-state index in [0.717, 1.165) is 12.1 Å². The first-order chi connectivity index (χ1) is 10.7. The lowest BCUT2D eigenvalue weighted by atomic mass is 9.80. The molecule has 3 heteroatoms. The summed E-state index contributed by atoms with van der Waals surface area (Å²) in [6.07, 6.45) is 0.765. The second-order valence-corrected chi connectivity index (χ2v) is 6.03. The molecule has 3 nitrogen and oxygen atoms in total. The third-order valence-corrected chi connectivity index (χ3v) is 4.79. The summed E-state index contributed by atoms with van der Waals surface area (Å²) in [5.41, 5.74) is 3.40. The molecule has 1 N–H and O–H groups in total. The molecule has 0 unspecified atom stereocenters. The second-order valence-electron chi connectivity index (χ2n) is 6.03. The van der Waals surface area contributed by atoms with Gasteiger partial charge < -0.3 is 5.21 Å². The lowest BCUT2D eigenvalue weighted by Gasteiger charge is -2.44. The summed E-state index contributed by atoms with van der Waals surface area (Å²) in [7, 11) is 2.17. The largest absolute Gasteiger partial charge is 0.411 e. The third kappa shape index (κ3) is 2.64. The van der Waals surface area contributed by atoms with Gasteiger partial charge in [0.1, 0.15) is 0 Å². The lowest BCUT2D eigenvalue weighted by Crippen LogP contribution is -2.42. The number of piperidine rings is 1. The van der Waals surface area contributed by atoms with Gasteiger partial charge in [0.15, 0.2) is 0 Å². The molecule has 0 aromatic heterocycles. The van der Waals surface area contributed by atoms with Crippen molar-refractivity contribution >= 4 is 5.71 Å². The highest BCUT2D eigenvalue weighted by molar-refractivity contribution is 5.88. The van der Waals surface area contributed by atoms with Gasteiger partial charge in [-0.3, -0.25) is 4.90 Å². The fourth-order valence-corrected chi connectivity index (χ4v) is 3.59. The van der Waals surface area contributed by atoms with Crippen LogP contribution in [0.4, 0.5) is 0 Å². The van der Waals surface area contributed by atoms with E-state index in [4.69, 9.17) is 0 Å². The van der Waals surface area contributed by atoms with E-state index in [0.29, 0.717) is 0 Å². The van der Waals surface area contributed by atoms with E-state index in [2.05, 4.69) is 72.6 Å². The van der Waals surface area contributed by atoms with Crippen LogP contribution in [-0.2, 0) is 0 Å². The number of likely N-dealkylation sites (tertiary alicyclic amines) is 1. The Bertz CT molecular complexity index is 639. The summed E-state index contributed by atoms with van der Waals surface area (Å²) < 4.78 is 0. The predicted octanol–water partition coefficient (Wildman–Crippen LogP) is 4.27. The van der Waals surface area contributed by atoms with Gasteiger partial charge in [0.2, 0.25) is 0 Å². The van der Waals surface area contributed by atoms with Crippen LogP contribution in [0.25, 0.3) is 0 Å². The van der Waals surface area contributed by atoms with E-state index in [-0.39, 0.29) is 18.0 Å². The molecule has 0 amide bonds. The molecular formula is C19H22N2O. The second kappa shape index (κ2) is 6.32. The molecule has 1 aliphatic rings. The van der Waals surface area contributed by atoms with Crippen LogP contribution in [0.2, 0.25) is 0 Å². The van der Waals surface area contributed by atoms with Crippen LogP contribution in [0.5, 0.6) is 0 Å². The summed E-state index contributed by atoms with van der Waals surface area (Å²) in [5, 5.41) is 13.1. The SMILES string of the molecule is C[C@@H]1/C(=N/O)C[C@@H](c2ccccc2)N(C)[C@H]1c1ccccc1. The van der Waals surface area contributed by atoms with E-state index >= 15 is 0 Å². The molecule has 0 bridgehead atoms.